The number of aryl methyl sites for hydroxylation is 1. The second-order valence-electron chi connectivity index (χ2n) is 3.93. The third-order valence-electron chi connectivity index (χ3n) is 2.66. The highest BCUT2D eigenvalue weighted by molar-refractivity contribution is 5.81. The first-order valence-corrected chi connectivity index (χ1v) is 5.81. The first kappa shape index (κ1) is 14.0. The Bertz CT molecular complexity index is 431. The molecule has 1 aromatic carbocycles. The molecule has 0 aliphatic carbocycles. The van der Waals surface area contributed by atoms with E-state index in [4.69, 9.17) is 5.11 Å². The Balaban J connectivity index is 2.54. The normalized spacial score (nSPS) is 10.1. The van der Waals surface area contributed by atoms with E-state index in [1.807, 2.05) is 0 Å². The van der Waals surface area contributed by atoms with Gasteiger partial charge >= 0.3 is 5.97 Å². The summed E-state index contributed by atoms with van der Waals surface area (Å²) in [4.78, 5) is 23.6. The highest BCUT2D eigenvalue weighted by Crippen LogP contribution is 2.17. The minimum atomic E-state index is -1.02. The largest absolute Gasteiger partial charge is 0.508 e. The number of nitrogens with zero attached hydrogens (tertiary/aromatic N) is 1. The summed E-state index contributed by atoms with van der Waals surface area (Å²) in [7, 11) is 0. The maximum atomic E-state index is 11.8. The van der Waals surface area contributed by atoms with Crippen molar-refractivity contribution >= 4 is 11.9 Å². The summed E-state index contributed by atoms with van der Waals surface area (Å²) in [5.41, 5.74) is 0.692. The number of carboxylic acid groups (broad SMARTS) is 1. The Morgan fingerprint density at radius 2 is 1.94 bits per heavy atom. The fourth-order valence-corrected chi connectivity index (χ4v) is 1.66. The van der Waals surface area contributed by atoms with Crippen LogP contribution in [-0.4, -0.2) is 40.1 Å². The van der Waals surface area contributed by atoms with Gasteiger partial charge in [0.05, 0.1) is 0 Å². The first-order chi connectivity index (χ1) is 8.54. The fourth-order valence-electron chi connectivity index (χ4n) is 1.66. The van der Waals surface area contributed by atoms with Crippen molar-refractivity contribution in [2.45, 2.75) is 19.8 Å². The van der Waals surface area contributed by atoms with Gasteiger partial charge < -0.3 is 15.1 Å². The molecular weight excluding hydrogens is 234 g/mol. The van der Waals surface area contributed by atoms with Gasteiger partial charge in [0.25, 0.3) is 0 Å². The molecule has 0 atom stereocenters. The van der Waals surface area contributed by atoms with Crippen LogP contribution in [0.25, 0.3) is 0 Å². The molecule has 1 rings (SSSR count). The van der Waals surface area contributed by atoms with Crippen molar-refractivity contribution in [1.82, 2.24) is 4.90 Å². The molecule has 0 fully saturated rings. The maximum absolute atomic E-state index is 11.8. The third kappa shape index (κ3) is 4.08. The second kappa shape index (κ2) is 6.64. The number of rotatable bonds is 6. The molecule has 0 heterocycles. The van der Waals surface area contributed by atoms with E-state index in [0.29, 0.717) is 18.5 Å². The molecule has 2 N–H and O–H groups in total. The number of aliphatic carboxylic acids is 1. The van der Waals surface area contributed by atoms with Gasteiger partial charge in [-0.25, -0.2) is 0 Å². The van der Waals surface area contributed by atoms with Crippen LogP contribution in [-0.2, 0) is 16.0 Å². The lowest BCUT2D eigenvalue weighted by Gasteiger charge is -2.18. The van der Waals surface area contributed by atoms with Crippen molar-refractivity contribution in [2.75, 3.05) is 13.1 Å². The molecule has 0 bridgehead atoms. The average molecular weight is 251 g/mol. The molecule has 0 saturated heterocycles. The zero-order chi connectivity index (χ0) is 13.5. The standard InChI is InChI=1S/C13H17NO4/c1-2-14(9-13(17)18)12(16)8-7-10-5-3-4-6-11(10)15/h3-6,15H,2,7-9H2,1H3,(H,17,18). The predicted octanol–water partition coefficient (Wildman–Crippen LogP) is 1.26. The number of para-hydroxylation sites is 1. The predicted molar refractivity (Wildman–Crippen MR) is 66.3 cm³/mol. The smallest absolute Gasteiger partial charge is 0.323 e. The number of phenolic OH excluding ortho intramolecular Hbond substituents is 1. The lowest BCUT2D eigenvalue weighted by Crippen LogP contribution is -2.35. The molecule has 0 aliphatic rings. The number of hydrogen-bond donors (Lipinski definition) is 2. The molecule has 0 radical (unpaired) electrons. The maximum Gasteiger partial charge on any atom is 0.323 e. The Labute approximate surface area is 106 Å². The van der Waals surface area contributed by atoms with Gasteiger partial charge in [0.15, 0.2) is 0 Å². The Morgan fingerprint density at radius 3 is 2.50 bits per heavy atom. The molecule has 1 amide bonds. The lowest BCUT2D eigenvalue weighted by atomic mass is 10.1. The molecule has 5 heteroatoms. The van der Waals surface area contributed by atoms with Crippen LogP contribution in [0.1, 0.15) is 18.9 Å². The van der Waals surface area contributed by atoms with E-state index in [2.05, 4.69) is 0 Å². The Hall–Kier alpha value is -2.04. The van der Waals surface area contributed by atoms with E-state index in [-0.39, 0.29) is 24.6 Å². The number of carbonyl (C=O) groups is 2. The monoisotopic (exact) mass is 251 g/mol. The van der Waals surface area contributed by atoms with Gasteiger partial charge in [-0.05, 0) is 25.0 Å². The average Bonchev–Trinajstić information content (AvgIpc) is 2.34. The lowest BCUT2D eigenvalue weighted by molar-refractivity contribution is -0.144. The summed E-state index contributed by atoms with van der Waals surface area (Å²) in [6.45, 7) is 1.82. The van der Waals surface area contributed by atoms with Gasteiger partial charge in [-0.3, -0.25) is 9.59 Å². The summed E-state index contributed by atoms with van der Waals surface area (Å²) in [5, 5.41) is 18.2. The Morgan fingerprint density at radius 1 is 1.28 bits per heavy atom. The zero-order valence-corrected chi connectivity index (χ0v) is 10.3. The van der Waals surface area contributed by atoms with Crippen molar-refractivity contribution in [3.05, 3.63) is 29.8 Å². The van der Waals surface area contributed by atoms with E-state index >= 15 is 0 Å². The van der Waals surface area contributed by atoms with Crippen LogP contribution in [0.3, 0.4) is 0 Å². The van der Waals surface area contributed by atoms with E-state index in [9.17, 15) is 14.7 Å². The van der Waals surface area contributed by atoms with Crippen LogP contribution in [0.5, 0.6) is 5.75 Å². The van der Waals surface area contributed by atoms with Crippen molar-refractivity contribution in [2.24, 2.45) is 0 Å². The highest BCUT2D eigenvalue weighted by Gasteiger charge is 2.15. The van der Waals surface area contributed by atoms with Crippen molar-refractivity contribution < 1.29 is 19.8 Å². The zero-order valence-electron chi connectivity index (χ0n) is 10.3. The number of phenols is 1. The van der Waals surface area contributed by atoms with Gasteiger partial charge in [-0.1, -0.05) is 18.2 Å². The van der Waals surface area contributed by atoms with Crippen molar-refractivity contribution in [3.8, 4) is 5.75 Å². The van der Waals surface area contributed by atoms with E-state index in [1.165, 1.54) is 4.90 Å². The summed E-state index contributed by atoms with van der Waals surface area (Å²) < 4.78 is 0. The van der Waals surface area contributed by atoms with Crippen molar-refractivity contribution in [1.29, 1.82) is 0 Å². The molecule has 0 saturated carbocycles. The topological polar surface area (TPSA) is 77.8 Å². The quantitative estimate of drug-likeness (QED) is 0.797. The van der Waals surface area contributed by atoms with E-state index < -0.39 is 5.97 Å². The van der Waals surface area contributed by atoms with Gasteiger partial charge in [0.2, 0.25) is 5.91 Å². The second-order valence-corrected chi connectivity index (χ2v) is 3.93. The molecular formula is C13H17NO4. The molecule has 1 aromatic rings. The van der Waals surface area contributed by atoms with Gasteiger partial charge in [0, 0.05) is 13.0 Å². The molecule has 5 nitrogen and oxygen atoms in total. The van der Waals surface area contributed by atoms with Crippen LogP contribution >= 0.6 is 0 Å². The first-order valence-electron chi connectivity index (χ1n) is 5.81. The van der Waals surface area contributed by atoms with E-state index in [0.717, 1.165) is 0 Å². The number of likely N-dealkylation sites (N-methyl/N-ethyl adjacent to an activating group) is 1. The summed E-state index contributed by atoms with van der Waals surface area (Å²) in [5.74, 6) is -1.08. The fraction of sp³-hybridized carbons (Fsp3) is 0.385. The van der Waals surface area contributed by atoms with Crippen molar-refractivity contribution in [3.63, 3.8) is 0 Å². The SMILES string of the molecule is CCN(CC(=O)O)C(=O)CCc1ccccc1O. The minimum absolute atomic E-state index is 0.159. The molecule has 18 heavy (non-hydrogen) atoms. The van der Waals surface area contributed by atoms with Gasteiger partial charge in [-0.2, -0.15) is 0 Å². The number of amides is 1. The number of benzene rings is 1. The number of carbonyl (C=O) groups excluding carboxylic acids is 1. The van der Waals surface area contributed by atoms with Crippen LogP contribution in [0, 0.1) is 0 Å². The molecule has 0 unspecified atom stereocenters. The van der Waals surface area contributed by atoms with Crippen LogP contribution < -0.4 is 0 Å². The van der Waals surface area contributed by atoms with E-state index in [1.54, 1.807) is 31.2 Å². The number of hydrogen-bond acceptors (Lipinski definition) is 3. The Kier molecular flexibility index (Phi) is 5.17. The highest BCUT2D eigenvalue weighted by atomic mass is 16.4. The molecule has 98 valence electrons. The van der Waals surface area contributed by atoms with Crippen LogP contribution in [0.15, 0.2) is 24.3 Å². The van der Waals surface area contributed by atoms with Gasteiger partial charge in [-0.15, -0.1) is 0 Å². The summed E-state index contributed by atoms with van der Waals surface area (Å²) in [6, 6.07) is 6.81. The van der Waals surface area contributed by atoms with Crippen LogP contribution in [0.4, 0.5) is 0 Å². The number of aromatic hydroxyl groups is 1. The summed E-state index contributed by atoms with van der Waals surface area (Å²) >= 11 is 0. The molecule has 0 spiro atoms. The van der Waals surface area contributed by atoms with Crippen LogP contribution in [0.2, 0.25) is 0 Å². The minimum Gasteiger partial charge on any atom is -0.508 e. The molecule has 0 aliphatic heterocycles. The number of carboxylic acids is 1. The van der Waals surface area contributed by atoms with Gasteiger partial charge in [0.1, 0.15) is 12.3 Å². The molecule has 0 aromatic heterocycles. The summed E-state index contributed by atoms with van der Waals surface area (Å²) in [6.07, 6.45) is 0.598. The third-order valence-corrected chi connectivity index (χ3v) is 2.66.